The molecule has 0 radical (unpaired) electrons. The minimum absolute atomic E-state index is 0.228. The summed E-state index contributed by atoms with van der Waals surface area (Å²) in [6.07, 6.45) is 7.33. The molecule has 1 aliphatic rings. The third-order valence-electron chi connectivity index (χ3n) is 4.41. The van der Waals surface area contributed by atoms with Gasteiger partial charge in [0, 0.05) is 44.4 Å². The van der Waals surface area contributed by atoms with Crippen LogP contribution in [0.4, 0.5) is 0 Å². The third-order valence-corrected chi connectivity index (χ3v) is 4.41. The van der Waals surface area contributed by atoms with Crippen molar-refractivity contribution in [3.8, 4) is 17.2 Å². The van der Waals surface area contributed by atoms with Crippen LogP contribution in [0.25, 0.3) is 0 Å². The van der Waals surface area contributed by atoms with Gasteiger partial charge in [0.2, 0.25) is 12.5 Å². The summed E-state index contributed by atoms with van der Waals surface area (Å²) in [5.41, 5.74) is 3.48. The molecule has 2 aromatic heterocycles. The number of fused-ring (bicyclic) bond motifs is 1. The lowest BCUT2D eigenvalue weighted by Crippen LogP contribution is -2.22. The summed E-state index contributed by atoms with van der Waals surface area (Å²) < 4.78 is 16.5. The molecule has 0 atom stereocenters. The average Bonchev–Trinajstić information content (AvgIpc) is 3.17. The summed E-state index contributed by atoms with van der Waals surface area (Å²) in [5, 5.41) is 0. The molecule has 1 aromatic carbocycles. The molecular formula is C21H21N3O3. The van der Waals surface area contributed by atoms with Gasteiger partial charge in [-0.25, -0.2) is 0 Å². The van der Waals surface area contributed by atoms with Crippen LogP contribution in [0.5, 0.6) is 17.2 Å². The maximum Gasteiger partial charge on any atom is 0.231 e. The highest BCUT2D eigenvalue weighted by Gasteiger charge is 2.21. The van der Waals surface area contributed by atoms with Crippen molar-refractivity contribution in [3.63, 3.8) is 0 Å². The van der Waals surface area contributed by atoms with Gasteiger partial charge in [-0.05, 0) is 47.0 Å². The fourth-order valence-corrected chi connectivity index (χ4v) is 3.20. The van der Waals surface area contributed by atoms with Gasteiger partial charge in [0.1, 0.15) is 0 Å². The Morgan fingerprint density at radius 3 is 2.52 bits per heavy atom. The maximum absolute atomic E-state index is 5.56. The van der Waals surface area contributed by atoms with Crippen molar-refractivity contribution in [1.82, 2.24) is 14.9 Å². The molecule has 0 unspecified atom stereocenters. The second kappa shape index (κ2) is 8.05. The van der Waals surface area contributed by atoms with E-state index in [0.29, 0.717) is 11.5 Å². The second-order valence-electron chi connectivity index (χ2n) is 6.39. The van der Waals surface area contributed by atoms with Gasteiger partial charge < -0.3 is 14.2 Å². The maximum atomic E-state index is 5.56. The minimum Gasteiger partial charge on any atom is -0.493 e. The lowest BCUT2D eigenvalue weighted by Gasteiger charge is -2.23. The average molecular weight is 363 g/mol. The van der Waals surface area contributed by atoms with Gasteiger partial charge in [0.15, 0.2) is 11.5 Å². The Hall–Kier alpha value is -3.12. The standard InChI is InChI=1S/C21H21N3O3/c1-25-19-9-18(10-20-21(19)27-15-26-20)14-24(12-16-4-7-22-8-5-16)13-17-3-2-6-23-11-17/h2-11H,12-15H2,1H3. The summed E-state index contributed by atoms with van der Waals surface area (Å²) in [4.78, 5) is 10.7. The molecule has 138 valence electrons. The molecule has 1 aliphatic heterocycles. The zero-order valence-electron chi connectivity index (χ0n) is 15.2. The molecule has 0 aliphatic carbocycles. The third kappa shape index (κ3) is 4.17. The normalized spacial score (nSPS) is 12.4. The Labute approximate surface area is 158 Å². The Balaban J connectivity index is 1.58. The number of rotatable bonds is 7. The van der Waals surface area contributed by atoms with Gasteiger partial charge in [-0.15, -0.1) is 0 Å². The molecule has 0 amide bonds. The van der Waals surface area contributed by atoms with Crippen molar-refractivity contribution < 1.29 is 14.2 Å². The Morgan fingerprint density at radius 2 is 1.74 bits per heavy atom. The van der Waals surface area contributed by atoms with Crippen molar-refractivity contribution in [2.45, 2.75) is 19.6 Å². The largest absolute Gasteiger partial charge is 0.493 e. The van der Waals surface area contributed by atoms with E-state index >= 15 is 0 Å². The van der Waals surface area contributed by atoms with Gasteiger partial charge in [0.05, 0.1) is 7.11 Å². The molecule has 3 heterocycles. The van der Waals surface area contributed by atoms with Crippen LogP contribution in [0.2, 0.25) is 0 Å². The van der Waals surface area contributed by atoms with Gasteiger partial charge in [-0.2, -0.15) is 0 Å². The monoisotopic (exact) mass is 363 g/mol. The molecule has 27 heavy (non-hydrogen) atoms. The topological polar surface area (TPSA) is 56.7 Å². The van der Waals surface area contributed by atoms with Gasteiger partial charge in [-0.1, -0.05) is 6.07 Å². The number of methoxy groups -OCH3 is 1. The Morgan fingerprint density at radius 1 is 0.926 bits per heavy atom. The van der Waals surface area contributed by atoms with Crippen LogP contribution >= 0.6 is 0 Å². The number of benzene rings is 1. The first-order chi connectivity index (χ1) is 13.3. The molecule has 0 bridgehead atoms. The number of nitrogens with zero attached hydrogens (tertiary/aromatic N) is 3. The fraction of sp³-hybridized carbons (Fsp3) is 0.238. The lowest BCUT2D eigenvalue weighted by atomic mass is 10.1. The van der Waals surface area contributed by atoms with Crippen LogP contribution in [0.3, 0.4) is 0 Å². The van der Waals surface area contributed by atoms with E-state index in [1.165, 1.54) is 11.1 Å². The van der Waals surface area contributed by atoms with Gasteiger partial charge in [0.25, 0.3) is 0 Å². The molecule has 0 spiro atoms. The first-order valence-electron chi connectivity index (χ1n) is 8.78. The summed E-state index contributed by atoms with van der Waals surface area (Å²) in [6.45, 7) is 2.55. The zero-order chi connectivity index (χ0) is 18.5. The van der Waals surface area contributed by atoms with Crippen molar-refractivity contribution in [3.05, 3.63) is 77.9 Å². The summed E-state index contributed by atoms with van der Waals surface area (Å²) >= 11 is 0. The second-order valence-corrected chi connectivity index (χ2v) is 6.39. The first-order valence-corrected chi connectivity index (χ1v) is 8.78. The van der Waals surface area contributed by atoms with Crippen LogP contribution in [0.1, 0.15) is 16.7 Å². The number of aromatic nitrogens is 2. The van der Waals surface area contributed by atoms with E-state index in [4.69, 9.17) is 14.2 Å². The molecule has 0 saturated heterocycles. The van der Waals surface area contributed by atoms with Crippen molar-refractivity contribution >= 4 is 0 Å². The number of ether oxygens (including phenoxy) is 3. The summed E-state index contributed by atoms with van der Waals surface area (Å²) in [5.74, 6) is 2.11. The van der Waals surface area contributed by atoms with Crippen LogP contribution < -0.4 is 14.2 Å². The van der Waals surface area contributed by atoms with Crippen molar-refractivity contribution in [2.24, 2.45) is 0 Å². The predicted molar refractivity (Wildman–Crippen MR) is 101 cm³/mol. The predicted octanol–water partition coefficient (Wildman–Crippen LogP) is 3.42. The van der Waals surface area contributed by atoms with Crippen molar-refractivity contribution in [1.29, 1.82) is 0 Å². The Bertz CT molecular complexity index is 846. The summed E-state index contributed by atoms with van der Waals surface area (Å²) in [7, 11) is 1.64. The van der Waals surface area contributed by atoms with E-state index in [0.717, 1.165) is 30.9 Å². The molecule has 6 nitrogen and oxygen atoms in total. The molecule has 0 saturated carbocycles. The molecule has 3 aromatic rings. The fourth-order valence-electron chi connectivity index (χ4n) is 3.20. The van der Waals surface area contributed by atoms with E-state index in [9.17, 15) is 0 Å². The molecule has 4 rings (SSSR count). The molecule has 0 fully saturated rings. The highest BCUT2D eigenvalue weighted by atomic mass is 16.7. The highest BCUT2D eigenvalue weighted by Crippen LogP contribution is 2.42. The van der Waals surface area contributed by atoms with E-state index in [-0.39, 0.29) is 6.79 Å². The molecule has 6 heteroatoms. The van der Waals surface area contributed by atoms with Gasteiger partial charge >= 0.3 is 0 Å². The number of pyridine rings is 2. The number of hydrogen-bond donors (Lipinski definition) is 0. The van der Waals surface area contributed by atoms with Crippen LogP contribution in [-0.2, 0) is 19.6 Å². The smallest absolute Gasteiger partial charge is 0.231 e. The van der Waals surface area contributed by atoms with E-state index in [1.807, 2.05) is 48.9 Å². The van der Waals surface area contributed by atoms with Crippen LogP contribution in [-0.4, -0.2) is 28.8 Å². The Kier molecular flexibility index (Phi) is 5.16. The SMILES string of the molecule is COc1cc(CN(Cc2ccncc2)Cc2cccnc2)cc2c1OCO2. The van der Waals surface area contributed by atoms with Crippen LogP contribution in [0.15, 0.2) is 61.2 Å². The minimum atomic E-state index is 0.228. The quantitative estimate of drug-likeness (QED) is 0.641. The van der Waals surface area contributed by atoms with E-state index in [1.54, 1.807) is 13.3 Å². The van der Waals surface area contributed by atoms with E-state index in [2.05, 4.69) is 20.9 Å². The first kappa shape index (κ1) is 17.3. The molecular weight excluding hydrogens is 342 g/mol. The van der Waals surface area contributed by atoms with Crippen LogP contribution in [0, 0.1) is 0 Å². The summed E-state index contributed by atoms with van der Waals surface area (Å²) in [6, 6.07) is 12.2. The van der Waals surface area contributed by atoms with Gasteiger partial charge in [-0.3, -0.25) is 14.9 Å². The van der Waals surface area contributed by atoms with E-state index < -0.39 is 0 Å². The molecule has 0 N–H and O–H groups in total. The lowest BCUT2D eigenvalue weighted by molar-refractivity contribution is 0.171. The zero-order valence-corrected chi connectivity index (χ0v) is 15.2. The number of hydrogen-bond acceptors (Lipinski definition) is 6. The van der Waals surface area contributed by atoms with Crippen molar-refractivity contribution in [2.75, 3.05) is 13.9 Å². The highest BCUT2D eigenvalue weighted by molar-refractivity contribution is 5.55.